The van der Waals surface area contributed by atoms with Crippen LogP contribution in [0.25, 0.3) is 22.3 Å². The van der Waals surface area contributed by atoms with Crippen LogP contribution in [0, 0.1) is 0 Å². The van der Waals surface area contributed by atoms with Gasteiger partial charge in [0.15, 0.2) is 5.65 Å². The van der Waals surface area contributed by atoms with Gasteiger partial charge in [0, 0.05) is 37.8 Å². The molecule has 220 valence electrons. The maximum absolute atomic E-state index is 12.3. The van der Waals surface area contributed by atoms with Crippen LogP contribution < -0.4 is 10.5 Å². The third-order valence-electron chi connectivity index (χ3n) is 8.45. The van der Waals surface area contributed by atoms with E-state index >= 15 is 0 Å². The van der Waals surface area contributed by atoms with Gasteiger partial charge in [-0.25, -0.2) is 19.4 Å². The fourth-order valence-electron chi connectivity index (χ4n) is 6.09. The molecule has 1 saturated carbocycles. The molecule has 6 rings (SSSR count). The number of nitrogens with zero attached hydrogens (tertiary/aromatic N) is 6. The molecule has 1 aliphatic heterocycles. The lowest BCUT2D eigenvalue weighted by atomic mass is 9.90. The van der Waals surface area contributed by atoms with E-state index in [1.165, 1.54) is 6.33 Å². The molecular weight excluding hydrogens is 530 g/mol. The van der Waals surface area contributed by atoms with Gasteiger partial charge in [0.05, 0.1) is 18.0 Å². The van der Waals surface area contributed by atoms with Crippen molar-refractivity contribution in [2.45, 2.75) is 57.5 Å². The first-order chi connectivity index (χ1) is 20.6. The number of carbonyl (C=O) groups is 1. The van der Waals surface area contributed by atoms with Crippen molar-refractivity contribution < 1.29 is 14.3 Å². The van der Waals surface area contributed by atoms with Gasteiger partial charge >= 0.3 is 6.09 Å². The summed E-state index contributed by atoms with van der Waals surface area (Å²) in [7, 11) is 0. The number of carbonyl (C=O) groups excluding carboxylic acids is 1. The average Bonchev–Trinajstić information content (AvgIpc) is 3.43. The number of ether oxygens (including phenoxy) is 2. The number of nitrogen functional groups attached to an aromatic ring is 1. The molecule has 1 aliphatic carbocycles. The van der Waals surface area contributed by atoms with Crippen LogP contribution in [0.5, 0.6) is 11.5 Å². The van der Waals surface area contributed by atoms with Crippen LogP contribution in [0.2, 0.25) is 0 Å². The summed E-state index contributed by atoms with van der Waals surface area (Å²) < 4.78 is 13.4. The number of benzene rings is 2. The fraction of sp³-hybridized carbons (Fsp3) is 0.438. The molecule has 4 aromatic rings. The van der Waals surface area contributed by atoms with Crippen LogP contribution in [0.4, 0.5) is 10.6 Å². The van der Waals surface area contributed by atoms with Crippen LogP contribution >= 0.6 is 0 Å². The molecule has 0 bridgehead atoms. The predicted octanol–water partition coefficient (Wildman–Crippen LogP) is 5.91. The highest BCUT2D eigenvalue weighted by Gasteiger charge is 2.32. The molecule has 0 radical (unpaired) electrons. The van der Waals surface area contributed by atoms with Gasteiger partial charge in [-0.1, -0.05) is 31.5 Å². The molecule has 0 spiro atoms. The summed E-state index contributed by atoms with van der Waals surface area (Å²) in [5.74, 6) is 1.98. The van der Waals surface area contributed by atoms with E-state index in [9.17, 15) is 4.79 Å². The molecular formula is C32H39N7O3. The molecule has 2 aromatic carbocycles. The Morgan fingerprint density at radius 2 is 1.60 bits per heavy atom. The smallest absolute Gasteiger partial charge is 0.409 e. The Balaban J connectivity index is 1.12. The SMILES string of the molecule is CCCCOC(=O)N1CCN(C2CCC(n3nc(-c4ccc(Oc5ccccc5)cc4)c4c(N)ncnc43)CC2)CC1. The molecule has 1 amide bonds. The van der Waals surface area contributed by atoms with Gasteiger partial charge in [0.1, 0.15) is 29.3 Å². The molecule has 42 heavy (non-hydrogen) atoms. The number of hydrogen-bond donors (Lipinski definition) is 1. The van der Waals surface area contributed by atoms with E-state index in [1.54, 1.807) is 0 Å². The van der Waals surface area contributed by atoms with Crippen molar-refractivity contribution in [1.82, 2.24) is 29.5 Å². The number of aromatic nitrogens is 4. The number of rotatable bonds is 8. The molecule has 2 aliphatic rings. The zero-order chi connectivity index (χ0) is 28.9. The first-order valence-electron chi connectivity index (χ1n) is 15.1. The van der Waals surface area contributed by atoms with Gasteiger partial charge < -0.3 is 20.1 Å². The third-order valence-corrected chi connectivity index (χ3v) is 8.45. The topological polar surface area (TPSA) is 112 Å². The van der Waals surface area contributed by atoms with Crippen molar-refractivity contribution in [1.29, 1.82) is 0 Å². The summed E-state index contributed by atoms with van der Waals surface area (Å²) >= 11 is 0. The first kappa shape index (κ1) is 28.0. The van der Waals surface area contributed by atoms with Crippen molar-refractivity contribution in [3.63, 3.8) is 0 Å². The van der Waals surface area contributed by atoms with E-state index in [0.717, 1.165) is 98.5 Å². The lowest BCUT2D eigenvalue weighted by molar-refractivity contribution is 0.0516. The van der Waals surface area contributed by atoms with Crippen molar-refractivity contribution in [3.05, 3.63) is 60.9 Å². The summed E-state index contributed by atoms with van der Waals surface area (Å²) in [5, 5.41) is 5.87. The second kappa shape index (κ2) is 12.8. The number of amides is 1. The molecule has 1 saturated heterocycles. The monoisotopic (exact) mass is 569 g/mol. The Morgan fingerprint density at radius 3 is 2.31 bits per heavy atom. The number of unbranched alkanes of at least 4 members (excludes halogenated alkanes) is 1. The summed E-state index contributed by atoms with van der Waals surface area (Å²) in [6, 6.07) is 18.4. The minimum absolute atomic E-state index is 0.173. The second-order valence-electron chi connectivity index (χ2n) is 11.1. The standard InChI is InChI=1S/C32H39N7O3/c1-2-3-21-41-32(40)38-19-17-37(18-20-38)24-11-13-25(14-12-24)39-31-28(30(33)34-22-35-31)29(36-39)23-9-15-27(16-10-23)42-26-7-5-4-6-8-26/h4-10,15-16,22,24-25H,2-3,11-14,17-21H2,1H3,(H2,33,34,35). The average molecular weight is 570 g/mol. The summed E-state index contributed by atoms with van der Waals surface area (Å²) in [6.45, 7) is 5.84. The highest BCUT2D eigenvalue weighted by molar-refractivity contribution is 5.98. The molecule has 2 fully saturated rings. The second-order valence-corrected chi connectivity index (χ2v) is 11.1. The van der Waals surface area contributed by atoms with Crippen molar-refractivity contribution in [3.8, 4) is 22.8 Å². The van der Waals surface area contributed by atoms with Crippen LogP contribution in [-0.4, -0.2) is 74.5 Å². The van der Waals surface area contributed by atoms with E-state index in [2.05, 4.69) is 26.5 Å². The summed E-state index contributed by atoms with van der Waals surface area (Å²) in [4.78, 5) is 25.6. The lowest BCUT2D eigenvalue weighted by Crippen LogP contribution is -2.52. The zero-order valence-electron chi connectivity index (χ0n) is 24.2. The summed E-state index contributed by atoms with van der Waals surface area (Å²) in [6.07, 6.45) is 7.46. The van der Waals surface area contributed by atoms with E-state index < -0.39 is 0 Å². The molecule has 3 heterocycles. The molecule has 10 heteroatoms. The van der Waals surface area contributed by atoms with Crippen molar-refractivity contribution in [2.24, 2.45) is 0 Å². The Bertz CT molecular complexity index is 1480. The fourth-order valence-corrected chi connectivity index (χ4v) is 6.09. The maximum Gasteiger partial charge on any atom is 0.409 e. The number of piperazine rings is 1. The minimum Gasteiger partial charge on any atom is -0.457 e. The molecule has 2 N–H and O–H groups in total. The number of nitrogens with two attached hydrogens (primary N) is 1. The van der Waals surface area contributed by atoms with Crippen molar-refractivity contribution >= 4 is 22.9 Å². The Kier molecular flexibility index (Phi) is 8.50. The van der Waals surface area contributed by atoms with E-state index in [1.807, 2.05) is 59.5 Å². The van der Waals surface area contributed by atoms with Crippen LogP contribution in [-0.2, 0) is 4.74 Å². The van der Waals surface area contributed by atoms with Crippen molar-refractivity contribution in [2.75, 3.05) is 38.5 Å². The number of fused-ring (bicyclic) bond motifs is 1. The maximum atomic E-state index is 12.3. The minimum atomic E-state index is -0.173. The first-order valence-corrected chi connectivity index (χ1v) is 15.1. The highest BCUT2D eigenvalue weighted by Crippen LogP contribution is 2.37. The Morgan fingerprint density at radius 1 is 0.905 bits per heavy atom. The molecule has 0 atom stereocenters. The molecule has 0 unspecified atom stereocenters. The van der Waals surface area contributed by atoms with Gasteiger partial charge in [-0.3, -0.25) is 4.90 Å². The van der Waals surface area contributed by atoms with Crippen LogP contribution in [0.15, 0.2) is 60.9 Å². The summed E-state index contributed by atoms with van der Waals surface area (Å²) in [5.41, 5.74) is 8.90. The van der Waals surface area contributed by atoms with Crippen LogP contribution in [0.3, 0.4) is 0 Å². The molecule has 10 nitrogen and oxygen atoms in total. The number of hydrogen-bond acceptors (Lipinski definition) is 8. The number of anilines is 1. The Labute approximate surface area is 246 Å². The van der Waals surface area contributed by atoms with E-state index in [4.69, 9.17) is 20.3 Å². The number of para-hydroxylation sites is 1. The zero-order valence-corrected chi connectivity index (χ0v) is 24.2. The Hall–Kier alpha value is -4.18. The van der Waals surface area contributed by atoms with Gasteiger partial charge in [-0.05, 0) is 68.5 Å². The third kappa shape index (κ3) is 6.04. The van der Waals surface area contributed by atoms with E-state index in [-0.39, 0.29) is 12.1 Å². The van der Waals surface area contributed by atoms with Crippen LogP contribution in [0.1, 0.15) is 51.5 Å². The highest BCUT2D eigenvalue weighted by atomic mass is 16.6. The lowest BCUT2D eigenvalue weighted by Gasteiger charge is -2.41. The van der Waals surface area contributed by atoms with E-state index in [0.29, 0.717) is 18.5 Å². The largest absolute Gasteiger partial charge is 0.457 e. The predicted molar refractivity (Wildman–Crippen MR) is 162 cm³/mol. The normalized spacial score (nSPS) is 19.6. The van der Waals surface area contributed by atoms with Gasteiger partial charge in [-0.15, -0.1) is 0 Å². The van der Waals surface area contributed by atoms with Gasteiger partial charge in [0.2, 0.25) is 0 Å². The molecule has 2 aromatic heterocycles. The quantitative estimate of drug-likeness (QED) is 0.261. The van der Waals surface area contributed by atoms with Gasteiger partial charge in [0.25, 0.3) is 0 Å². The van der Waals surface area contributed by atoms with Gasteiger partial charge in [-0.2, -0.15) is 5.10 Å².